The van der Waals surface area contributed by atoms with E-state index in [1.165, 1.54) is 24.0 Å². The number of nitrogens with zero attached hydrogens (tertiary/aromatic N) is 6. The van der Waals surface area contributed by atoms with Gasteiger partial charge in [-0.2, -0.15) is 9.97 Å². The van der Waals surface area contributed by atoms with Crippen LogP contribution in [0, 0.1) is 0 Å². The molecule has 2 aliphatic rings. The first-order valence-electron chi connectivity index (χ1n) is 15.1. The maximum Gasteiger partial charge on any atom is 0.479 e. The van der Waals surface area contributed by atoms with Gasteiger partial charge in [-0.1, -0.05) is 0 Å². The van der Waals surface area contributed by atoms with E-state index in [-0.39, 0.29) is 34.6 Å². The standard InChI is InChI=1S/C23H37N10O17P3S/c1-31(2)11-17(28-23(25)30-19(11)38)32(3)21-15(44-4)13(35)9(48-21)6-46-52(41,42)50-53(43,54)49-51(39,40)45-5-8-12(34)14(36)20(47-8)33-7-26-10-16(33)27-22(24)29-18(10)37/h7-9,12-15,20-21,34-36H,5-6H2,1-4H3,(H,39,40)(H,41,42)(H,43,54)(H3,24,27,29,37)(H3,25,28,30,38)/t8-,9-,12?,13?,14?,15?,20-,21-,53?/m1/s1. The van der Waals surface area contributed by atoms with Gasteiger partial charge in [-0.05, 0) is 11.8 Å². The lowest BCUT2D eigenvalue weighted by molar-refractivity contribution is -0.0502. The molecule has 2 aliphatic heterocycles. The summed E-state index contributed by atoms with van der Waals surface area (Å²) in [7, 11) is -5.09. The first kappa shape index (κ1) is 42.2. The predicted octanol–water partition coefficient (Wildman–Crippen LogP) is -3.23. The van der Waals surface area contributed by atoms with Crippen LogP contribution < -0.4 is 32.4 Å². The molecule has 54 heavy (non-hydrogen) atoms. The first-order chi connectivity index (χ1) is 25.0. The highest BCUT2D eigenvalue weighted by Gasteiger charge is 2.49. The smallest absolute Gasteiger partial charge is 0.387 e. The van der Waals surface area contributed by atoms with Crippen molar-refractivity contribution in [1.29, 1.82) is 0 Å². The molecule has 0 bridgehead atoms. The highest BCUT2D eigenvalue weighted by atomic mass is 32.5. The zero-order valence-corrected chi connectivity index (χ0v) is 31.9. The maximum atomic E-state index is 12.7. The van der Waals surface area contributed by atoms with Crippen molar-refractivity contribution in [2.45, 2.75) is 49.1 Å². The Morgan fingerprint density at radius 2 is 1.46 bits per heavy atom. The van der Waals surface area contributed by atoms with Gasteiger partial charge in [0.15, 0.2) is 29.4 Å². The number of aliphatic hydroxyl groups is 3. The van der Waals surface area contributed by atoms with Crippen molar-refractivity contribution in [3.8, 4) is 0 Å². The molecule has 3 aromatic heterocycles. The molecular weight excluding hydrogens is 813 g/mol. The van der Waals surface area contributed by atoms with E-state index >= 15 is 0 Å². The third-order valence-electron chi connectivity index (χ3n) is 7.92. The second kappa shape index (κ2) is 15.9. The van der Waals surface area contributed by atoms with Crippen LogP contribution in [-0.2, 0) is 52.8 Å². The fourth-order valence-corrected chi connectivity index (χ4v) is 10.6. The lowest BCUT2D eigenvalue weighted by Gasteiger charge is -2.31. The van der Waals surface area contributed by atoms with Gasteiger partial charge < -0.3 is 65.5 Å². The van der Waals surface area contributed by atoms with E-state index in [4.69, 9.17) is 34.7 Å². The number of nitrogens with one attached hydrogen (secondary N) is 2. The zero-order valence-electron chi connectivity index (χ0n) is 28.4. The summed E-state index contributed by atoms with van der Waals surface area (Å²) in [5, 5.41) is 31.9. The number of hydrogen-bond donors (Lipinski definition) is 10. The molecule has 302 valence electrons. The molecule has 2 saturated heterocycles. The van der Waals surface area contributed by atoms with Crippen LogP contribution in [0.15, 0.2) is 15.9 Å². The van der Waals surface area contributed by atoms with Crippen molar-refractivity contribution < 1.29 is 71.0 Å². The molecule has 7 unspecified atom stereocenters. The predicted molar refractivity (Wildman–Crippen MR) is 186 cm³/mol. The minimum Gasteiger partial charge on any atom is -0.387 e. The Morgan fingerprint density at radius 1 is 0.907 bits per heavy atom. The van der Waals surface area contributed by atoms with Gasteiger partial charge in [-0.3, -0.25) is 33.2 Å². The van der Waals surface area contributed by atoms with Crippen LogP contribution in [-0.4, -0.2) is 144 Å². The molecule has 0 spiro atoms. The Balaban J connectivity index is 1.18. The number of fused-ring (bicyclic) bond motifs is 1. The summed E-state index contributed by atoms with van der Waals surface area (Å²) in [5.41, 5.74) is 9.80. The van der Waals surface area contributed by atoms with Gasteiger partial charge in [-0.25, -0.2) is 22.7 Å². The van der Waals surface area contributed by atoms with Crippen molar-refractivity contribution in [3.05, 3.63) is 27.0 Å². The summed E-state index contributed by atoms with van der Waals surface area (Å²) < 4.78 is 61.7. The first-order valence-corrected chi connectivity index (χ1v) is 20.7. The van der Waals surface area contributed by atoms with Gasteiger partial charge in [0.2, 0.25) is 11.9 Å². The number of anilines is 4. The molecule has 31 heteroatoms. The molecule has 0 aliphatic carbocycles. The average Bonchev–Trinajstić information content (AvgIpc) is 3.69. The maximum absolute atomic E-state index is 12.7. The minimum absolute atomic E-state index is 0.0320. The molecular formula is C23H37N10O17P3S. The Bertz CT molecular complexity index is 2120. The number of nitrogen functional groups attached to an aromatic ring is 2. The van der Waals surface area contributed by atoms with Gasteiger partial charge >= 0.3 is 22.4 Å². The summed E-state index contributed by atoms with van der Waals surface area (Å²) in [5.74, 6) is -0.477. The number of likely N-dealkylation sites (N-methyl/N-ethyl adjacent to an activating group) is 1. The molecule has 0 saturated carbocycles. The number of nitrogens with two attached hydrogens (primary N) is 2. The number of ether oxygens (including phenoxy) is 3. The largest absolute Gasteiger partial charge is 0.479 e. The number of methoxy groups -OCH3 is 1. The van der Waals surface area contributed by atoms with E-state index in [1.807, 2.05) is 0 Å². The number of hydrogen-bond acceptors (Lipinski definition) is 22. The number of aromatic amines is 2. The monoisotopic (exact) mass is 850 g/mol. The van der Waals surface area contributed by atoms with Crippen molar-refractivity contribution >= 4 is 68.7 Å². The Morgan fingerprint density at radius 3 is 2.04 bits per heavy atom. The zero-order chi connectivity index (χ0) is 40.1. The second-order valence-corrected chi connectivity index (χ2v) is 17.9. The van der Waals surface area contributed by atoms with Gasteiger partial charge in [0, 0.05) is 28.3 Å². The van der Waals surface area contributed by atoms with Gasteiger partial charge in [0.1, 0.15) is 42.3 Å². The minimum atomic E-state index is -5.47. The van der Waals surface area contributed by atoms with E-state index < -0.39 is 95.8 Å². The Hall–Kier alpha value is -2.98. The quantitative estimate of drug-likeness (QED) is 0.0672. The Labute approximate surface area is 307 Å². The molecule has 5 rings (SSSR count). The van der Waals surface area contributed by atoms with Crippen molar-refractivity contribution in [2.24, 2.45) is 0 Å². The van der Waals surface area contributed by atoms with Crippen LogP contribution in [0.1, 0.15) is 6.23 Å². The van der Waals surface area contributed by atoms with E-state index in [2.05, 4.69) is 45.3 Å². The Kier molecular flexibility index (Phi) is 12.4. The van der Waals surface area contributed by atoms with Gasteiger partial charge in [0.25, 0.3) is 11.1 Å². The third-order valence-corrected chi connectivity index (χ3v) is 13.4. The summed E-state index contributed by atoms with van der Waals surface area (Å²) >= 11 is 4.61. The molecule has 12 N–H and O–H groups in total. The number of H-pyrrole nitrogens is 2. The van der Waals surface area contributed by atoms with E-state index in [1.54, 1.807) is 14.1 Å². The van der Waals surface area contributed by atoms with Crippen molar-refractivity contribution in [2.75, 3.05) is 62.7 Å². The lowest BCUT2D eigenvalue weighted by atomic mass is 10.1. The van der Waals surface area contributed by atoms with Crippen LogP contribution in [0.4, 0.5) is 23.4 Å². The lowest BCUT2D eigenvalue weighted by Crippen LogP contribution is -2.45. The number of aliphatic hydroxyl groups excluding tert-OH is 3. The SMILES string of the molecule is COC1C(O)[C@@H](COP(=O)(O)OP(O)(=S)OP(=O)(O)OC[C@H]2O[C@@H](n3cnc4c(=O)[nH]c(N)nc43)C(O)C2O)O[C@H]1N(C)c1nc(N)[nH]c(=O)c1N(C)C. The molecule has 0 radical (unpaired) electrons. The second-order valence-electron chi connectivity index (χ2n) is 11.9. The molecule has 0 aromatic carbocycles. The van der Waals surface area contributed by atoms with Gasteiger partial charge in [-0.15, -0.1) is 0 Å². The number of phosphoric ester groups is 2. The molecule has 27 nitrogen and oxygen atoms in total. The van der Waals surface area contributed by atoms with E-state index in [9.17, 15) is 48.7 Å². The topological polar surface area (TPSA) is 388 Å². The summed E-state index contributed by atoms with van der Waals surface area (Å²) in [6.07, 6.45) is -10.7. The molecule has 2 fully saturated rings. The highest BCUT2D eigenvalue weighted by molar-refractivity contribution is 8.09. The molecule has 3 aromatic rings. The fourth-order valence-electron chi connectivity index (χ4n) is 5.55. The van der Waals surface area contributed by atoms with Crippen LogP contribution in [0.3, 0.4) is 0 Å². The van der Waals surface area contributed by atoms with Crippen LogP contribution in [0.5, 0.6) is 0 Å². The summed E-state index contributed by atoms with van der Waals surface area (Å²) in [6.45, 7) is -7.05. The van der Waals surface area contributed by atoms with E-state index in [0.717, 1.165) is 10.9 Å². The van der Waals surface area contributed by atoms with Crippen molar-refractivity contribution in [1.82, 2.24) is 29.5 Å². The van der Waals surface area contributed by atoms with Crippen molar-refractivity contribution in [3.63, 3.8) is 0 Å². The van der Waals surface area contributed by atoms with E-state index in [0.29, 0.717) is 0 Å². The molecule has 0 amide bonds. The van der Waals surface area contributed by atoms with Crippen LogP contribution >= 0.6 is 22.4 Å². The number of rotatable bonds is 15. The number of aromatic nitrogens is 6. The van der Waals surface area contributed by atoms with Crippen LogP contribution in [0.25, 0.3) is 11.2 Å². The highest BCUT2D eigenvalue weighted by Crippen LogP contribution is 2.68. The number of imidazole rings is 1. The fraction of sp³-hybridized carbons (Fsp3) is 0.609. The average molecular weight is 851 g/mol. The molecule has 5 heterocycles. The van der Waals surface area contributed by atoms with Gasteiger partial charge in [0.05, 0.1) is 19.5 Å². The third kappa shape index (κ3) is 9.01. The summed E-state index contributed by atoms with van der Waals surface area (Å²) in [6, 6.07) is 0. The summed E-state index contributed by atoms with van der Waals surface area (Å²) in [4.78, 5) is 74.9. The molecule has 11 atom stereocenters. The normalized spacial score (nSPS) is 29.1. The van der Waals surface area contributed by atoms with Crippen LogP contribution in [0.2, 0.25) is 0 Å². The number of phosphoric acid groups is 2.